The van der Waals surface area contributed by atoms with Crippen LogP contribution >= 0.6 is 0 Å². The molecule has 0 spiro atoms. The van der Waals surface area contributed by atoms with E-state index in [0.29, 0.717) is 19.4 Å². The van der Waals surface area contributed by atoms with Gasteiger partial charge in [0.25, 0.3) is 5.91 Å². The van der Waals surface area contributed by atoms with Gasteiger partial charge in [-0.1, -0.05) is 6.07 Å². The number of hydrogen-bond donors (Lipinski definition) is 1. The Morgan fingerprint density at radius 1 is 1.35 bits per heavy atom. The van der Waals surface area contributed by atoms with Gasteiger partial charge in [0.15, 0.2) is 0 Å². The summed E-state index contributed by atoms with van der Waals surface area (Å²) in [7, 11) is 0. The number of likely N-dealkylation sites (tertiary alicyclic amines) is 1. The van der Waals surface area contributed by atoms with Crippen molar-refractivity contribution in [2.24, 2.45) is 0 Å². The summed E-state index contributed by atoms with van der Waals surface area (Å²) in [5, 5.41) is 9.43. The number of piperidine rings is 1. The highest BCUT2D eigenvalue weighted by Gasteiger charge is 2.26. The average Bonchev–Trinajstić information content (AvgIpc) is 2.28. The molecular formula is C12H13F2NO2. The lowest BCUT2D eigenvalue weighted by atomic mass is 10.1. The monoisotopic (exact) mass is 241 g/mol. The van der Waals surface area contributed by atoms with Crippen molar-refractivity contribution in [3.8, 4) is 0 Å². The highest BCUT2D eigenvalue weighted by atomic mass is 19.1. The van der Waals surface area contributed by atoms with Crippen molar-refractivity contribution in [2.45, 2.75) is 18.9 Å². The fourth-order valence-electron chi connectivity index (χ4n) is 2.00. The molecule has 17 heavy (non-hydrogen) atoms. The van der Waals surface area contributed by atoms with Crippen LogP contribution in [0.1, 0.15) is 23.2 Å². The predicted octanol–water partition coefficient (Wildman–Crippen LogP) is 1.56. The molecule has 1 aromatic carbocycles. The molecule has 1 fully saturated rings. The molecule has 0 bridgehead atoms. The quantitative estimate of drug-likeness (QED) is 0.810. The molecule has 1 N–H and O–H groups in total. The van der Waals surface area contributed by atoms with Crippen LogP contribution < -0.4 is 0 Å². The molecule has 0 aliphatic carbocycles. The maximum absolute atomic E-state index is 13.4. The van der Waals surface area contributed by atoms with Crippen LogP contribution in [0.2, 0.25) is 0 Å². The first kappa shape index (κ1) is 12.0. The summed E-state index contributed by atoms with van der Waals surface area (Å²) in [6, 6.07) is 3.32. The highest BCUT2D eigenvalue weighted by molar-refractivity contribution is 5.94. The van der Waals surface area contributed by atoms with Gasteiger partial charge in [0.05, 0.1) is 6.10 Å². The van der Waals surface area contributed by atoms with Crippen molar-refractivity contribution >= 4 is 5.91 Å². The lowest BCUT2D eigenvalue weighted by molar-refractivity contribution is 0.0465. The van der Waals surface area contributed by atoms with Crippen LogP contribution in [0.3, 0.4) is 0 Å². The molecule has 1 aliphatic heterocycles. The first-order valence-corrected chi connectivity index (χ1v) is 5.51. The summed E-state index contributed by atoms with van der Waals surface area (Å²) in [5.74, 6) is -2.43. The Labute approximate surface area is 97.7 Å². The fourth-order valence-corrected chi connectivity index (χ4v) is 2.00. The summed E-state index contributed by atoms with van der Waals surface area (Å²) >= 11 is 0. The third kappa shape index (κ3) is 2.44. The summed E-state index contributed by atoms with van der Waals surface area (Å²) in [6.45, 7) is 0.552. The van der Waals surface area contributed by atoms with Gasteiger partial charge in [-0.15, -0.1) is 0 Å². The van der Waals surface area contributed by atoms with Crippen molar-refractivity contribution in [2.75, 3.05) is 13.1 Å². The number of rotatable bonds is 1. The molecule has 1 aromatic rings. The SMILES string of the molecule is O=C(c1c(F)cccc1F)N1CCCC(O)C1. The van der Waals surface area contributed by atoms with Crippen molar-refractivity contribution < 1.29 is 18.7 Å². The van der Waals surface area contributed by atoms with Crippen molar-refractivity contribution in [3.63, 3.8) is 0 Å². The summed E-state index contributed by atoms with van der Waals surface area (Å²) in [6.07, 6.45) is 0.648. The van der Waals surface area contributed by atoms with Crippen molar-refractivity contribution in [1.82, 2.24) is 4.90 Å². The number of amides is 1. The largest absolute Gasteiger partial charge is 0.391 e. The average molecular weight is 241 g/mol. The Morgan fingerprint density at radius 2 is 2.00 bits per heavy atom. The van der Waals surface area contributed by atoms with E-state index in [2.05, 4.69) is 0 Å². The summed E-state index contributed by atoms with van der Waals surface area (Å²) in [5.41, 5.74) is -0.540. The Balaban J connectivity index is 2.24. The number of carbonyl (C=O) groups excluding carboxylic acids is 1. The standard InChI is InChI=1S/C12H13F2NO2/c13-9-4-1-5-10(14)11(9)12(17)15-6-2-3-8(16)7-15/h1,4-5,8,16H,2-3,6-7H2. The maximum Gasteiger partial charge on any atom is 0.259 e. The van der Waals surface area contributed by atoms with Crippen LogP contribution in [-0.2, 0) is 0 Å². The van der Waals surface area contributed by atoms with Gasteiger partial charge in [-0.25, -0.2) is 8.78 Å². The fraction of sp³-hybridized carbons (Fsp3) is 0.417. The number of benzene rings is 1. The minimum Gasteiger partial charge on any atom is -0.391 e. The topological polar surface area (TPSA) is 40.5 Å². The van der Waals surface area contributed by atoms with E-state index in [9.17, 15) is 18.7 Å². The molecule has 5 heteroatoms. The van der Waals surface area contributed by atoms with Gasteiger partial charge < -0.3 is 10.0 Å². The van der Waals surface area contributed by atoms with Gasteiger partial charge in [-0.2, -0.15) is 0 Å². The second-order valence-electron chi connectivity index (χ2n) is 4.14. The maximum atomic E-state index is 13.4. The van der Waals surface area contributed by atoms with E-state index in [-0.39, 0.29) is 6.54 Å². The lowest BCUT2D eigenvalue weighted by Gasteiger charge is -2.30. The third-order valence-corrected chi connectivity index (χ3v) is 2.86. The third-order valence-electron chi connectivity index (χ3n) is 2.86. The van der Waals surface area contributed by atoms with E-state index in [4.69, 9.17) is 0 Å². The first-order valence-electron chi connectivity index (χ1n) is 5.51. The molecule has 1 aliphatic rings. The van der Waals surface area contributed by atoms with Gasteiger partial charge in [0, 0.05) is 13.1 Å². The van der Waals surface area contributed by atoms with E-state index in [1.807, 2.05) is 0 Å². The van der Waals surface area contributed by atoms with E-state index in [0.717, 1.165) is 12.1 Å². The summed E-state index contributed by atoms with van der Waals surface area (Å²) < 4.78 is 26.8. The second kappa shape index (κ2) is 4.79. The molecule has 1 heterocycles. The van der Waals surface area contributed by atoms with Crippen LogP contribution in [-0.4, -0.2) is 35.1 Å². The van der Waals surface area contributed by atoms with Gasteiger partial charge in [-0.05, 0) is 25.0 Å². The van der Waals surface area contributed by atoms with Crippen LogP contribution in [0.15, 0.2) is 18.2 Å². The predicted molar refractivity (Wildman–Crippen MR) is 57.5 cm³/mol. The number of aliphatic hydroxyl groups is 1. The van der Waals surface area contributed by atoms with Crippen LogP contribution in [0.5, 0.6) is 0 Å². The van der Waals surface area contributed by atoms with E-state index in [1.54, 1.807) is 0 Å². The molecule has 1 saturated heterocycles. The molecule has 92 valence electrons. The Kier molecular flexibility index (Phi) is 3.38. The molecule has 1 unspecified atom stereocenters. The van der Waals surface area contributed by atoms with Crippen molar-refractivity contribution in [3.05, 3.63) is 35.4 Å². The number of halogens is 2. The number of nitrogens with zero attached hydrogens (tertiary/aromatic N) is 1. The Hall–Kier alpha value is -1.49. The molecule has 0 radical (unpaired) electrons. The smallest absolute Gasteiger partial charge is 0.259 e. The number of carbonyl (C=O) groups is 1. The molecular weight excluding hydrogens is 228 g/mol. The van der Waals surface area contributed by atoms with Gasteiger partial charge in [0.1, 0.15) is 17.2 Å². The van der Waals surface area contributed by atoms with Crippen LogP contribution in [0.25, 0.3) is 0 Å². The minimum atomic E-state index is -0.866. The lowest BCUT2D eigenvalue weighted by Crippen LogP contribution is -2.42. The molecule has 0 saturated carbocycles. The summed E-state index contributed by atoms with van der Waals surface area (Å²) in [4.78, 5) is 13.2. The number of β-amino-alcohol motifs (C(OH)–C–C–N with tert-alkyl or cyclic N) is 1. The zero-order valence-electron chi connectivity index (χ0n) is 9.20. The number of hydrogen-bond acceptors (Lipinski definition) is 2. The van der Waals surface area contributed by atoms with E-state index in [1.165, 1.54) is 11.0 Å². The van der Waals surface area contributed by atoms with E-state index < -0.39 is 29.2 Å². The molecule has 1 atom stereocenters. The van der Waals surface area contributed by atoms with Gasteiger partial charge in [-0.3, -0.25) is 4.79 Å². The van der Waals surface area contributed by atoms with Gasteiger partial charge in [0.2, 0.25) is 0 Å². The Morgan fingerprint density at radius 3 is 2.59 bits per heavy atom. The van der Waals surface area contributed by atoms with E-state index >= 15 is 0 Å². The highest BCUT2D eigenvalue weighted by Crippen LogP contribution is 2.18. The number of aliphatic hydroxyl groups excluding tert-OH is 1. The van der Waals surface area contributed by atoms with Crippen LogP contribution in [0, 0.1) is 11.6 Å². The normalized spacial score (nSPS) is 20.4. The second-order valence-corrected chi connectivity index (χ2v) is 4.14. The zero-order valence-corrected chi connectivity index (χ0v) is 9.20. The zero-order chi connectivity index (χ0) is 12.4. The molecule has 0 aromatic heterocycles. The Bertz CT molecular complexity index is 416. The molecule has 2 rings (SSSR count). The van der Waals surface area contributed by atoms with Crippen LogP contribution in [0.4, 0.5) is 8.78 Å². The first-order chi connectivity index (χ1) is 8.09. The van der Waals surface area contributed by atoms with Crippen molar-refractivity contribution in [1.29, 1.82) is 0 Å². The van der Waals surface area contributed by atoms with Gasteiger partial charge >= 0.3 is 0 Å². The minimum absolute atomic E-state index is 0.132. The molecule has 1 amide bonds. The molecule has 3 nitrogen and oxygen atoms in total.